The molecule has 4 heteroatoms. The fraction of sp³-hybridized carbons (Fsp3) is 0.286. The normalized spacial score (nSPS) is 10.2. The molecule has 0 fully saturated rings. The van der Waals surface area contributed by atoms with E-state index in [2.05, 4.69) is 10.3 Å². The summed E-state index contributed by atoms with van der Waals surface area (Å²) in [6.07, 6.45) is -0.997. The first-order valence-corrected chi connectivity index (χ1v) is 3.16. The lowest BCUT2D eigenvalue weighted by Crippen LogP contribution is -1.97. The molecule has 1 heterocycles. The Kier molecular flexibility index (Phi) is 2.36. The summed E-state index contributed by atoms with van der Waals surface area (Å²) in [4.78, 5) is 3.73. The summed E-state index contributed by atoms with van der Waals surface area (Å²) < 4.78 is 24.3. The fourth-order valence-electron chi connectivity index (χ4n) is 0.803. The van der Waals surface area contributed by atoms with Crippen molar-refractivity contribution in [2.24, 2.45) is 0 Å². The number of aromatic nitrogens is 1. The van der Waals surface area contributed by atoms with Crippen LogP contribution in [-0.2, 0) is 0 Å². The van der Waals surface area contributed by atoms with E-state index < -0.39 is 6.43 Å². The largest absolute Gasteiger partial charge is 0.373 e. The van der Waals surface area contributed by atoms with E-state index in [4.69, 9.17) is 0 Å². The molecule has 60 valence electrons. The SMILES string of the molecule is CNc1ncccc1C(F)F. The number of alkyl halides is 2. The van der Waals surface area contributed by atoms with Crippen molar-refractivity contribution in [2.45, 2.75) is 6.43 Å². The highest BCUT2D eigenvalue weighted by Gasteiger charge is 2.11. The van der Waals surface area contributed by atoms with Crippen LogP contribution in [0.15, 0.2) is 18.3 Å². The number of hydrogen-bond donors (Lipinski definition) is 1. The Morgan fingerprint density at radius 3 is 2.73 bits per heavy atom. The zero-order valence-corrected chi connectivity index (χ0v) is 6.01. The Balaban J connectivity index is 3.02. The Morgan fingerprint density at radius 1 is 1.55 bits per heavy atom. The zero-order chi connectivity index (χ0) is 8.27. The summed E-state index contributed by atoms with van der Waals surface area (Å²) in [6, 6.07) is 2.84. The lowest BCUT2D eigenvalue weighted by atomic mass is 10.2. The first kappa shape index (κ1) is 7.91. The van der Waals surface area contributed by atoms with Gasteiger partial charge in [-0.15, -0.1) is 0 Å². The maximum atomic E-state index is 12.1. The van der Waals surface area contributed by atoms with Gasteiger partial charge in [-0.05, 0) is 12.1 Å². The van der Waals surface area contributed by atoms with Crippen LogP contribution in [0.5, 0.6) is 0 Å². The molecule has 0 bridgehead atoms. The second-order valence-corrected chi connectivity index (χ2v) is 1.99. The molecule has 0 saturated carbocycles. The van der Waals surface area contributed by atoms with Crippen LogP contribution in [0.1, 0.15) is 12.0 Å². The molecule has 0 saturated heterocycles. The number of halogens is 2. The summed E-state index contributed by atoms with van der Waals surface area (Å²) in [6.45, 7) is 0. The van der Waals surface area contributed by atoms with Gasteiger partial charge in [-0.3, -0.25) is 0 Å². The highest BCUT2D eigenvalue weighted by atomic mass is 19.3. The topological polar surface area (TPSA) is 24.9 Å². The molecule has 0 atom stereocenters. The van der Waals surface area contributed by atoms with E-state index >= 15 is 0 Å². The molecule has 1 aromatic heterocycles. The van der Waals surface area contributed by atoms with Crippen molar-refractivity contribution in [3.8, 4) is 0 Å². The molecule has 1 aromatic rings. The molecule has 11 heavy (non-hydrogen) atoms. The quantitative estimate of drug-likeness (QED) is 0.712. The fourth-order valence-corrected chi connectivity index (χ4v) is 0.803. The number of nitrogens with one attached hydrogen (secondary N) is 1. The third kappa shape index (κ3) is 1.63. The summed E-state index contributed by atoms with van der Waals surface area (Å²) >= 11 is 0. The minimum absolute atomic E-state index is 0.0602. The van der Waals surface area contributed by atoms with Gasteiger partial charge in [0.25, 0.3) is 6.43 Å². The van der Waals surface area contributed by atoms with Gasteiger partial charge in [0, 0.05) is 13.2 Å². The van der Waals surface area contributed by atoms with E-state index in [1.165, 1.54) is 18.3 Å². The Hall–Kier alpha value is -1.19. The zero-order valence-electron chi connectivity index (χ0n) is 6.01. The second-order valence-electron chi connectivity index (χ2n) is 1.99. The third-order valence-corrected chi connectivity index (χ3v) is 1.31. The summed E-state index contributed by atoms with van der Waals surface area (Å²) in [5.41, 5.74) is -0.0602. The first-order valence-electron chi connectivity index (χ1n) is 3.16. The van der Waals surface area contributed by atoms with Gasteiger partial charge >= 0.3 is 0 Å². The predicted molar refractivity (Wildman–Crippen MR) is 38.7 cm³/mol. The van der Waals surface area contributed by atoms with Gasteiger partial charge in [-0.25, -0.2) is 13.8 Å². The molecule has 0 amide bonds. The summed E-state index contributed by atoms with van der Waals surface area (Å²) in [7, 11) is 1.56. The Labute approximate surface area is 63.3 Å². The molecule has 0 unspecified atom stereocenters. The lowest BCUT2D eigenvalue weighted by Gasteiger charge is -2.04. The molecular formula is C7H8F2N2. The molecule has 0 aliphatic rings. The van der Waals surface area contributed by atoms with Crippen LogP contribution in [0.4, 0.5) is 14.6 Å². The van der Waals surface area contributed by atoms with Crippen LogP contribution in [0.2, 0.25) is 0 Å². The predicted octanol–water partition coefficient (Wildman–Crippen LogP) is 2.06. The number of anilines is 1. The van der Waals surface area contributed by atoms with Crippen LogP contribution in [0.25, 0.3) is 0 Å². The molecule has 2 nitrogen and oxygen atoms in total. The van der Waals surface area contributed by atoms with Gasteiger partial charge in [0.1, 0.15) is 5.82 Å². The van der Waals surface area contributed by atoms with Crippen molar-refractivity contribution in [1.29, 1.82) is 0 Å². The number of nitrogens with zero attached hydrogens (tertiary/aromatic N) is 1. The lowest BCUT2D eigenvalue weighted by molar-refractivity contribution is 0.152. The minimum atomic E-state index is -2.47. The summed E-state index contributed by atoms with van der Waals surface area (Å²) in [5.74, 6) is 0.238. The van der Waals surface area contributed by atoms with Crippen molar-refractivity contribution in [1.82, 2.24) is 4.98 Å². The smallest absolute Gasteiger partial charge is 0.267 e. The van der Waals surface area contributed by atoms with Crippen LogP contribution in [0.3, 0.4) is 0 Å². The minimum Gasteiger partial charge on any atom is -0.373 e. The van der Waals surface area contributed by atoms with Crippen molar-refractivity contribution in [2.75, 3.05) is 12.4 Å². The van der Waals surface area contributed by atoms with Crippen LogP contribution >= 0.6 is 0 Å². The van der Waals surface area contributed by atoms with Crippen LogP contribution < -0.4 is 5.32 Å². The monoisotopic (exact) mass is 158 g/mol. The second kappa shape index (κ2) is 3.27. The number of rotatable bonds is 2. The molecule has 1 N–H and O–H groups in total. The molecular weight excluding hydrogens is 150 g/mol. The van der Waals surface area contributed by atoms with Crippen molar-refractivity contribution in [3.63, 3.8) is 0 Å². The maximum Gasteiger partial charge on any atom is 0.267 e. The van der Waals surface area contributed by atoms with Gasteiger partial charge in [0.2, 0.25) is 0 Å². The highest BCUT2D eigenvalue weighted by Crippen LogP contribution is 2.23. The van der Waals surface area contributed by atoms with Crippen molar-refractivity contribution >= 4 is 5.82 Å². The van der Waals surface area contributed by atoms with Gasteiger partial charge in [0.05, 0.1) is 5.56 Å². The summed E-state index contributed by atoms with van der Waals surface area (Å²) in [5, 5.41) is 2.59. The van der Waals surface area contributed by atoms with E-state index in [9.17, 15) is 8.78 Å². The first-order chi connectivity index (χ1) is 5.25. The van der Waals surface area contributed by atoms with E-state index in [1.807, 2.05) is 0 Å². The van der Waals surface area contributed by atoms with Gasteiger partial charge in [-0.2, -0.15) is 0 Å². The van der Waals surface area contributed by atoms with E-state index in [1.54, 1.807) is 7.05 Å². The molecule has 1 rings (SSSR count). The highest BCUT2D eigenvalue weighted by molar-refractivity contribution is 5.43. The van der Waals surface area contributed by atoms with E-state index in [0.717, 1.165) is 0 Å². The maximum absolute atomic E-state index is 12.1. The van der Waals surface area contributed by atoms with E-state index in [0.29, 0.717) is 0 Å². The van der Waals surface area contributed by atoms with Gasteiger partial charge in [0.15, 0.2) is 0 Å². The molecule has 0 radical (unpaired) electrons. The van der Waals surface area contributed by atoms with Crippen LogP contribution in [-0.4, -0.2) is 12.0 Å². The van der Waals surface area contributed by atoms with Gasteiger partial charge in [-0.1, -0.05) is 0 Å². The van der Waals surface area contributed by atoms with Crippen molar-refractivity contribution < 1.29 is 8.78 Å². The standard InChI is InChI=1S/C7H8F2N2/c1-10-7-5(6(8)9)3-2-4-11-7/h2-4,6H,1H3,(H,10,11). The number of hydrogen-bond acceptors (Lipinski definition) is 2. The van der Waals surface area contributed by atoms with Crippen molar-refractivity contribution in [3.05, 3.63) is 23.9 Å². The third-order valence-electron chi connectivity index (χ3n) is 1.31. The molecule has 0 aliphatic heterocycles. The Bertz CT molecular complexity index is 238. The average molecular weight is 158 g/mol. The Morgan fingerprint density at radius 2 is 2.27 bits per heavy atom. The molecule has 0 spiro atoms. The number of pyridine rings is 1. The van der Waals surface area contributed by atoms with Gasteiger partial charge < -0.3 is 5.32 Å². The average Bonchev–Trinajstić information content (AvgIpc) is 2.04. The molecule has 0 aromatic carbocycles. The van der Waals surface area contributed by atoms with Crippen LogP contribution in [0, 0.1) is 0 Å². The van der Waals surface area contributed by atoms with E-state index in [-0.39, 0.29) is 11.4 Å². The molecule has 0 aliphatic carbocycles.